The van der Waals surface area contributed by atoms with E-state index in [1.54, 1.807) is 13.8 Å². The zero-order chi connectivity index (χ0) is 21.7. The van der Waals surface area contributed by atoms with Gasteiger partial charge in [0.15, 0.2) is 0 Å². The topological polar surface area (TPSA) is 90.0 Å². The molecule has 156 valence electrons. The predicted octanol–water partition coefficient (Wildman–Crippen LogP) is 2.61. The Balaban J connectivity index is 2.12. The molecule has 2 aliphatic heterocycles. The number of carboxylic acid groups (broad SMARTS) is 1. The molecular weight excluding hydrogens is 391 g/mol. The van der Waals surface area contributed by atoms with Gasteiger partial charge in [-0.05, 0) is 17.5 Å². The SMILES string of the molecule is CC(C)C(C(=O)O)N1CC2=C(C1=O)C(c1ccccc1C(F)(F)F)NC(=O)N2C. The fourth-order valence-corrected chi connectivity index (χ4v) is 3.83. The largest absolute Gasteiger partial charge is 0.480 e. The van der Waals surface area contributed by atoms with Crippen LogP contribution >= 0.6 is 0 Å². The van der Waals surface area contributed by atoms with Gasteiger partial charge < -0.3 is 15.3 Å². The summed E-state index contributed by atoms with van der Waals surface area (Å²) in [7, 11) is 1.39. The van der Waals surface area contributed by atoms with Crippen LogP contribution in [0.1, 0.15) is 31.0 Å². The molecular formula is C19H20F3N3O4. The van der Waals surface area contributed by atoms with Crippen LogP contribution in [0.25, 0.3) is 0 Å². The highest BCUT2D eigenvalue weighted by Crippen LogP contribution is 2.41. The van der Waals surface area contributed by atoms with Crippen LogP contribution < -0.4 is 5.32 Å². The molecule has 1 aromatic carbocycles. The fraction of sp³-hybridized carbons (Fsp3) is 0.421. The lowest BCUT2D eigenvalue weighted by Crippen LogP contribution is -2.47. The van der Waals surface area contributed by atoms with E-state index in [0.29, 0.717) is 0 Å². The Morgan fingerprint density at radius 1 is 1.24 bits per heavy atom. The van der Waals surface area contributed by atoms with Gasteiger partial charge >= 0.3 is 18.2 Å². The van der Waals surface area contributed by atoms with E-state index in [2.05, 4.69) is 5.32 Å². The van der Waals surface area contributed by atoms with Crippen molar-refractivity contribution in [2.75, 3.05) is 13.6 Å². The molecule has 2 N–H and O–H groups in total. The molecule has 2 heterocycles. The van der Waals surface area contributed by atoms with E-state index in [9.17, 15) is 32.7 Å². The molecule has 2 atom stereocenters. The number of carboxylic acids is 1. The van der Waals surface area contributed by atoms with Crippen molar-refractivity contribution in [2.24, 2.45) is 5.92 Å². The molecule has 0 saturated carbocycles. The number of benzene rings is 1. The molecule has 10 heteroatoms. The number of carbonyl (C=O) groups excluding carboxylic acids is 2. The second-order valence-corrected chi connectivity index (χ2v) is 7.35. The number of urea groups is 1. The second kappa shape index (κ2) is 7.09. The number of rotatable bonds is 4. The Bertz CT molecular complexity index is 910. The normalized spacial score (nSPS) is 20.9. The molecule has 0 aromatic heterocycles. The van der Waals surface area contributed by atoms with E-state index >= 15 is 0 Å². The summed E-state index contributed by atoms with van der Waals surface area (Å²) in [5.41, 5.74) is -1.07. The maximum absolute atomic E-state index is 13.5. The van der Waals surface area contributed by atoms with Gasteiger partial charge in [0.1, 0.15) is 6.04 Å². The molecule has 1 aromatic rings. The number of alkyl halides is 3. The van der Waals surface area contributed by atoms with Crippen LogP contribution in [0.5, 0.6) is 0 Å². The molecule has 0 saturated heterocycles. The van der Waals surface area contributed by atoms with Crippen LogP contribution in [0.4, 0.5) is 18.0 Å². The third-order valence-corrected chi connectivity index (χ3v) is 5.19. The molecule has 0 radical (unpaired) electrons. The van der Waals surface area contributed by atoms with Gasteiger partial charge in [-0.25, -0.2) is 9.59 Å². The Labute approximate surface area is 164 Å². The van der Waals surface area contributed by atoms with E-state index in [1.165, 1.54) is 25.2 Å². The average Bonchev–Trinajstić information content (AvgIpc) is 2.94. The lowest BCUT2D eigenvalue weighted by molar-refractivity contribution is -0.149. The predicted molar refractivity (Wildman–Crippen MR) is 95.5 cm³/mol. The van der Waals surface area contributed by atoms with Gasteiger partial charge in [-0.1, -0.05) is 32.0 Å². The van der Waals surface area contributed by atoms with E-state index in [-0.39, 0.29) is 23.4 Å². The summed E-state index contributed by atoms with van der Waals surface area (Å²) in [5.74, 6) is -2.36. The maximum Gasteiger partial charge on any atom is 0.416 e. The van der Waals surface area contributed by atoms with Gasteiger partial charge in [-0.15, -0.1) is 0 Å². The first kappa shape index (κ1) is 20.7. The molecule has 0 spiro atoms. The number of amides is 3. The number of aliphatic carboxylic acids is 1. The smallest absolute Gasteiger partial charge is 0.416 e. The van der Waals surface area contributed by atoms with Gasteiger partial charge in [0.25, 0.3) is 5.91 Å². The number of halogens is 3. The number of nitrogens with zero attached hydrogens (tertiary/aromatic N) is 2. The molecule has 0 bridgehead atoms. The average molecular weight is 411 g/mol. The van der Waals surface area contributed by atoms with Gasteiger partial charge in [0.2, 0.25) is 0 Å². The van der Waals surface area contributed by atoms with Gasteiger partial charge in [-0.2, -0.15) is 13.2 Å². The van der Waals surface area contributed by atoms with Crippen LogP contribution in [-0.4, -0.2) is 52.4 Å². The quantitative estimate of drug-likeness (QED) is 0.797. The third-order valence-electron chi connectivity index (χ3n) is 5.19. The van der Waals surface area contributed by atoms with E-state index in [4.69, 9.17) is 0 Å². The first-order valence-corrected chi connectivity index (χ1v) is 8.92. The van der Waals surface area contributed by atoms with E-state index < -0.39 is 47.6 Å². The van der Waals surface area contributed by atoms with E-state index in [1.807, 2.05) is 0 Å². The number of nitrogens with one attached hydrogen (secondary N) is 1. The second-order valence-electron chi connectivity index (χ2n) is 7.35. The van der Waals surface area contributed by atoms with Crippen LogP contribution in [-0.2, 0) is 15.8 Å². The zero-order valence-electron chi connectivity index (χ0n) is 15.9. The zero-order valence-corrected chi connectivity index (χ0v) is 15.9. The Hall–Kier alpha value is -3.04. The number of hydrogen-bond donors (Lipinski definition) is 2. The number of likely N-dealkylation sites (N-methyl/N-ethyl adjacent to an activating group) is 1. The molecule has 3 amide bonds. The summed E-state index contributed by atoms with van der Waals surface area (Å²) in [4.78, 5) is 39.5. The molecule has 2 aliphatic rings. The Morgan fingerprint density at radius 2 is 1.86 bits per heavy atom. The Morgan fingerprint density at radius 3 is 2.41 bits per heavy atom. The molecule has 0 aliphatic carbocycles. The summed E-state index contributed by atoms with van der Waals surface area (Å²) in [5, 5.41) is 12.0. The number of carbonyl (C=O) groups is 3. The van der Waals surface area contributed by atoms with Crippen LogP contribution in [0.3, 0.4) is 0 Å². The van der Waals surface area contributed by atoms with Gasteiger partial charge in [0.05, 0.1) is 29.4 Å². The Kier molecular flexibility index (Phi) is 5.06. The van der Waals surface area contributed by atoms with Crippen LogP contribution in [0.2, 0.25) is 0 Å². The minimum absolute atomic E-state index is 0.0456. The minimum atomic E-state index is -4.69. The van der Waals surface area contributed by atoms with E-state index in [0.717, 1.165) is 15.9 Å². The monoisotopic (exact) mass is 411 g/mol. The lowest BCUT2D eigenvalue weighted by Gasteiger charge is -2.32. The van der Waals surface area contributed by atoms with Gasteiger partial charge in [-0.3, -0.25) is 9.69 Å². The summed E-state index contributed by atoms with van der Waals surface area (Å²) in [6, 6.07) is 1.53. The van der Waals surface area contributed by atoms with Crippen molar-refractivity contribution in [2.45, 2.75) is 32.1 Å². The molecule has 7 nitrogen and oxygen atoms in total. The van der Waals surface area contributed by atoms with Gasteiger partial charge in [0, 0.05) is 7.05 Å². The van der Waals surface area contributed by atoms with Crippen molar-refractivity contribution < 1.29 is 32.7 Å². The molecule has 29 heavy (non-hydrogen) atoms. The first-order chi connectivity index (χ1) is 13.4. The van der Waals surface area contributed by atoms with Crippen LogP contribution in [0.15, 0.2) is 35.5 Å². The maximum atomic E-state index is 13.5. The fourth-order valence-electron chi connectivity index (χ4n) is 3.83. The summed E-state index contributed by atoms with van der Waals surface area (Å²) in [6.07, 6.45) is -4.69. The molecule has 3 rings (SSSR count). The molecule has 2 unspecified atom stereocenters. The third kappa shape index (κ3) is 3.43. The van der Waals surface area contributed by atoms with Crippen LogP contribution in [0, 0.1) is 5.92 Å². The molecule has 0 fully saturated rings. The number of hydrogen-bond acceptors (Lipinski definition) is 3. The lowest BCUT2D eigenvalue weighted by atomic mass is 9.91. The van der Waals surface area contributed by atoms with Crippen molar-refractivity contribution in [1.82, 2.24) is 15.1 Å². The highest BCUT2D eigenvalue weighted by molar-refractivity contribution is 6.03. The minimum Gasteiger partial charge on any atom is -0.480 e. The summed E-state index contributed by atoms with van der Waals surface area (Å²) < 4.78 is 40.6. The van der Waals surface area contributed by atoms with Crippen molar-refractivity contribution in [3.63, 3.8) is 0 Å². The van der Waals surface area contributed by atoms with Crippen molar-refractivity contribution in [3.8, 4) is 0 Å². The van der Waals surface area contributed by atoms with Crippen molar-refractivity contribution in [3.05, 3.63) is 46.7 Å². The standard InChI is InChI=1S/C19H20F3N3O4/c1-9(2)15(17(27)28)25-8-12-13(16(25)26)14(23-18(29)24(12)3)10-6-4-5-7-11(10)19(20,21)22/h4-7,9,14-15H,8H2,1-3H3,(H,23,29)(H,27,28). The highest BCUT2D eigenvalue weighted by atomic mass is 19.4. The van der Waals surface area contributed by atoms with Crippen molar-refractivity contribution >= 4 is 17.9 Å². The summed E-state index contributed by atoms with van der Waals surface area (Å²) >= 11 is 0. The van der Waals surface area contributed by atoms with Crippen molar-refractivity contribution in [1.29, 1.82) is 0 Å². The highest BCUT2D eigenvalue weighted by Gasteiger charge is 2.48. The summed E-state index contributed by atoms with van der Waals surface area (Å²) in [6.45, 7) is 3.10. The first-order valence-electron chi connectivity index (χ1n) is 8.92.